The third-order valence-corrected chi connectivity index (χ3v) is 4.96. The SMILES string of the molecule is C=CC(=O)N(C)c1cccc(-c2ccc(CC(N)=O)c3[nH]c(C)c(C)c23)c1. The number of primary amides is 1. The van der Waals surface area contributed by atoms with Crippen LogP contribution in [-0.4, -0.2) is 23.8 Å². The highest BCUT2D eigenvalue weighted by Gasteiger charge is 2.16. The average molecular weight is 361 g/mol. The van der Waals surface area contributed by atoms with Crippen molar-refractivity contribution < 1.29 is 9.59 Å². The molecule has 5 nitrogen and oxygen atoms in total. The van der Waals surface area contributed by atoms with Gasteiger partial charge in [0.2, 0.25) is 11.8 Å². The maximum Gasteiger partial charge on any atom is 0.250 e. The number of hydrogen-bond acceptors (Lipinski definition) is 2. The van der Waals surface area contributed by atoms with Crippen LogP contribution in [0.15, 0.2) is 49.1 Å². The maximum absolute atomic E-state index is 11.9. The number of nitrogens with one attached hydrogen (secondary N) is 1. The number of hydrogen-bond donors (Lipinski definition) is 2. The fraction of sp³-hybridized carbons (Fsp3) is 0.182. The quantitative estimate of drug-likeness (QED) is 0.681. The summed E-state index contributed by atoms with van der Waals surface area (Å²) in [6.45, 7) is 7.62. The minimum atomic E-state index is -0.361. The van der Waals surface area contributed by atoms with Crippen LogP contribution in [0.3, 0.4) is 0 Å². The minimum Gasteiger partial charge on any atom is -0.369 e. The maximum atomic E-state index is 11.9. The summed E-state index contributed by atoms with van der Waals surface area (Å²) in [7, 11) is 1.72. The van der Waals surface area contributed by atoms with Gasteiger partial charge in [0.1, 0.15) is 0 Å². The molecule has 0 bridgehead atoms. The van der Waals surface area contributed by atoms with Gasteiger partial charge in [0.25, 0.3) is 0 Å². The van der Waals surface area contributed by atoms with Crippen LogP contribution in [0.1, 0.15) is 16.8 Å². The molecule has 1 heterocycles. The Morgan fingerprint density at radius 2 is 1.96 bits per heavy atom. The van der Waals surface area contributed by atoms with Gasteiger partial charge >= 0.3 is 0 Å². The van der Waals surface area contributed by atoms with E-state index in [9.17, 15) is 9.59 Å². The molecular formula is C22H23N3O2. The van der Waals surface area contributed by atoms with Crippen LogP contribution in [0.25, 0.3) is 22.0 Å². The monoisotopic (exact) mass is 361 g/mol. The van der Waals surface area contributed by atoms with Gasteiger partial charge in [-0.15, -0.1) is 0 Å². The number of carbonyl (C=O) groups is 2. The first-order valence-corrected chi connectivity index (χ1v) is 8.73. The Balaban J connectivity index is 2.19. The van der Waals surface area contributed by atoms with Gasteiger partial charge in [-0.2, -0.15) is 0 Å². The van der Waals surface area contributed by atoms with E-state index in [1.165, 1.54) is 6.08 Å². The summed E-state index contributed by atoms with van der Waals surface area (Å²) in [4.78, 5) is 28.3. The van der Waals surface area contributed by atoms with E-state index in [1.54, 1.807) is 11.9 Å². The van der Waals surface area contributed by atoms with Crippen LogP contribution < -0.4 is 10.6 Å². The standard InChI is InChI=1S/C22H23N3O2/c1-5-20(27)25(4)17-8-6-7-15(11-17)18-10-9-16(12-19(23)26)22-21(18)13(2)14(3)24-22/h5-11,24H,1,12H2,2-4H3,(H2,23,26). The van der Waals surface area contributed by atoms with Gasteiger partial charge in [0.05, 0.1) is 11.9 Å². The summed E-state index contributed by atoms with van der Waals surface area (Å²) in [6.07, 6.45) is 1.48. The smallest absolute Gasteiger partial charge is 0.250 e. The number of nitrogens with zero attached hydrogens (tertiary/aromatic N) is 1. The number of fused-ring (bicyclic) bond motifs is 1. The van der Waals surface area contributed by atoms with Gasteiger partial charge in [-0.1, -0.05) is 30.8 Å². The molecule has 2 amide bonds. The molecule has 0 radical (unpaired) electrons. The molecule has 0 aliphatic heterocycles. The number of amides is 2. The Kier molecular flexibility index (Phi) is 4.86. The zero-order chi connectivity index (χ0) is 19.7. The van der Waals surface area contributed by atoms with E-state index in [2.05, 4.69) is 18.5 Å². The molecule has 0 spiro atoms. The highest BCUT2D eigenvalue weighted by atomic mass is 16.2. The third kappa shape index (κ3) is 3.36. The van der Waals surface area contributed by atoms with Crippen molar-refractivity contribution in [3.05, 3.63) is 65.9 Å². The van der Waals surface area contributed by atoms with Gasteiger partial charge in [0.15, 0.2) is 0 Å². The first-order valence-electron chi connectivity index (χ1n) is 8.73. The number of carbonyl (C=O) groups excluding carboxylic acids is 2. The lowest BCUT2D eigenvalue weighted by atomic mass is 9.95. The summed E-state index contributed by atoms with van der Waals surface area (Å²) in [5.74, 6) is -0.525. The zero-order valence-electron chi connectivity index (χ0n) is 15.8. The summed E-state index contributed by atoms with van der Waals surface area (Å²) in [5, 5.41) is 1.07. The number of aryl methyl sites for hydroxylation is 2. The van der Waals surface area contributed by atoms with Crippen LogP contribution in [0.4, 0.5) is 5.69 Å². The van der Waals surface area contributed by atoms with Crippen LogP contribution in [0, 0.1) is 13.8 Å². The predicted octanol–water partition coefficient (Wildman–Crippen LogP) is 3.63. The molecule has 3 aromatic rings. The Morgan fingerprint density at radius 1 is 1.22 bits per heavy atom. The average Bonchev–Trinajstić information content (AvgIpc) is 2.96. The van der Waals surface area contributed by atoms with E-state index in [1.807, 2.05) is 43.3 Å². The number of H-pyrrole nitrogens is 1. The van der Waals surface area contributed by atoms with Crippen molar-refractivity contribution in [1.82, 2.24) is 4.98 Å². The van der Waals surface area contributed by atoms with E-state index in [0.717, 1.165) is 44.5 Å². The molecule has 2 aromatic carbocycles. The fourth-order valence-corrected chi connectivity index (χ4v) is 3.37. The number of anilines is 1. The molecule has 0 atom stereocenters. The molecule has 0 aliphatic rings. The number of benzene rings is 2. The summed E-state index contributed by atoms with van der Waals surface area (Å²) in [5.41, 5.74) is 12.2. The first-order chi connectivity index (χ1) is 12.8. The van der Waals surface area contributed by atoms with Gasteiger partial charge in [-0.25, -0.2) is 0 Å². The van der Waals surface area contributed by atoms with Crippen LogP contribution >= 0.6 is 0 Å². The normalized spacial score (nSPS) is 10.8. The number of aromatic amines is 1. The van der Waals surface area contributed by atoms with Crippen molar-refractivity contribution in [3.8, 4) is 11.1 Å². The van der Waals surface area contributed by atoms with Gasteiger partial charge < -0.3 is 15.6 Å². The largest absolute Gasteiger partial charge is 0.369 e. The fourth-order valence-electron chi connectivity index (χ4n) is 3.37. The molecule has 3 rings (SSSR count). The summed E-state index contributed by atoms with van der Waals surface area (Å²) < 4.78 is 0. The molecule has 0 unspecified atom stereocenters. The zero-order valence-corrected chi connectivity index (χ0v) is 15.8. The van der Waals surface area contributed by atoms with Crippen LogP contribution in [0.5, 0.6) is 0 Å². The molecule has 0 fully saturated rings. The number of aromatic nitrogens is 1. The van der Waals surface area contributed by atoms with Crippen LogP contribution in [0.2, 0.25) is 0 Å². The van der Waals surface area contributed by atoms with Crippen molar-refractivity contribution in [2.75, 3.05) is 11.9 Å². The van der Waals surface area contributed by atoms with Crippen molar-refractivity contribution in [2.24, 2.45) is 5.73 Å². The van der Waals surface area contributed by atoms with Crippen LogP contribution in [-0.2, 0) is 16.0 Å². The Bertz CT molecular complexity index is 1060. The first kappa shape index (κ1) is 18.5. The minimum absolute atomic E-state index is 0.164. The Hall–Kier alpha value is -3.34. The van der Waals surface area contributed by atoms with E-state index >= 15 is 0 Å². The van der Waals surface area contributed by atoms with Crippen molar-refractivity contribution in [1.29, 1.82) is 0 Å². The van der Waals surface area contributed by atoms with Gasteiger partial charge in [-0.3, -0.25) is 9.59 Å². The highest BCUT2D eigenvalue weighted by Crippen LogP contribution is 2.36. The molecule has 5 heteroatoms. The molecule has 3 N–H and O–H groups in total. The predicted molar refractivity (Wildman–Crippen MR) is 110 cm³/mol. The Morgan fingerprint density at radius 3 is 2.63 bits per heavy atom. The molecular weight excluding hydrogens is 338 g/mol. The van der Waals surface area contributed by atoms with E-state index in [4.69, 9.17) is 5.73 Å². The number of rotatable bonds is 5. The van der Waals surface area contributed by atoms with Crippen molar-refractivity contribution >= 4 is 28.4 Å². The lowest BCUT2D eigenvalue weighted by Gasteiger charge is -2.17. The number of nitrogens with two attached hydrogens (primary N) is 1. The third-order valence-electron chi connectivity index (χ3n) is 4.96. The van der Waals surface area contributed by atoms with E-state index in [-0.39, 0.29) is 18.2 Å². The van der Waals surface area contributed by atoms with Crippen molar-refractivity contribution in [3.63, 3.8) is 0 Å². The second-order valence-electron chi connectivity index (χ2n) is 6.69. The number of likely N-dealkylation sites (N-methyl/N-ethyl adjacent to an activating group) is 1. The van der Waals surface area contributed by atoms with E-state index < -0.39 is 0 Å². The Labute approximate surface area is 158 Å². The molecule has 0 aliphatic carbocycles. The molecule has 0 saturated carbocycles. The summed E-state index contributed by atoms with van der Waals surface area (Å²) >= 11 is 0. The topological polar surface area (TPSA) is 79.2 Å². The lowest BCUT2D eigenvalue weighted by Crippen LogP contribution is -2.23. The highest BCUT2D eigenvalue weighted by molar-refractivity contribution is 6.03. The molecule has 27 heavy (non-hydrogen) atoms. The molecule has 0 saturated heterocycles. The van der Waals surface area contributed by atoms with Gasteiger partial charge in [-0.05, 0) is 54.3 Å². The van der Waals surface area contributed by atoms with E-state index in [0.29, 0.717) is 0 Å². The lowest BCUT2D eigenvalue weighted by molar-refractivity contribution is -0.117. The molecule has 138 valence electrons. The van der Waals surface area contributed by atoms with Gasteiger partial charge in [0, 0.05) is 23.8 Å². The second-order valence-corrected chi connectivity index (χ2v) is 6.69. The second kappa shape index (κ2) is 7.11. The van der Waals surface area contributed by atoms with Crippen molar-refractivity contribution in [2.45, 2.75) is 20.3 Å². The summed E-state index contributed by atoms with van der Waals surface area (Å²) in [6, 6.07) is 11.7. The molecule has 1 aromatic heterocycles.